The SMILES string of the molecule is Cc1cccc(C(=O)OCC(=O)N[C@H](c2ccccc2)c2cccs2)c1N. The number of nitrogen functional groups attached to an aromatic ring is 1. The summed E-state index contributed by atoms with van der Waals surface area (Å²) in [5.74, 6) is -0.990. The molecule has 1 aromatic heterocycles. The number of carbonyl (C=O) groups excluding carboxylic acids is 2. The molecule has 3 aromatic rings. The smallest absolute Gasteiger partial charge is 0.340 e. The quantitative estimate of drug-likeness (QED) is 0.505. The van der Waals surface area contributed by atoms with E-state index in [0.29, 0.717) is 5.69 Å². The van der Waals surface area contributed by atoms with Crippen LogP contribution >= 0.6 is 11.3 Å². The first-order valence-electron chi connectivity index (χ1n) is 8.46. The molecular formula is C21H20N2O3S. The number of nitrogens with one attached hydrogen (secondary N) is 1. The molecule has 1 amide bonds. The highest BCUT2D eigenvalue weighted by Crippen LogP contribution is 2.26. The first-order valence-corrected chi connectivity index (χ1v) is 9.34. The van der Waals surface area contributed by atoms with Gasteiger partial charge < -0.3 is 15.8 Å². The Morgan fingerprint density at radius 2 is 1.85 bits per heavy atom. The van der Waals surface area contributed by atoms with E-state index in [0.717, 1.165) is 16.0 Å². The molecule has 2 aromatic carbocycles. The van der Waals surface area contributed by atoms with E-state index in [9.17, 15) is 9.59 Å². The van der Waals surface area contributed by atoms with Crippen molar-refractivity contribution in [1.82, 2.24) is 5.32 Å². The Labute approximate surface area is 161 Å². The molecule has 0 fully saturated rings. The Balaban J connectivity index is 1.66. The Hall–Kier alpha value is -3.12. The molecule has 138 valence electrons. The molecule has 27 heavy (non-hydrogen) atoms. The number of hydrogen-bond acceptors (Lipinski definition) is 5. The van der Waals surface area contributed by atoms with Gasteiger partial charge in [0.2, 0.25) is 0 Å². The van der Waals surface area contributed by atoms with Crippen LogP contribution in [0.3, 0.4) is 0 Å². The van der Waals surface area contributed by atoms with Crippen LogP contribution in [0.25, 0.3) is 0 Å². The van der Waals surface area contributed by atoms with Crippen LogP contribution in [0.5, 0.6) is 0 Å². The summed E-state index contributed by atoms with van der Waals surface area (Å²) in [5, 5.41) is 4.89. The summed E-state index contributed by atoms with van der Waals surface area (Å²) < 4.78 is 5.15. The monoisotopic (exact) mass is 380 g/mol. The van der Waals surface area contributed by atoms with E-state index < -0.39 is 5.97 Å². The van der Waals surface area contributed by atoms with E-state index in [1.807, 2.05) is 60.8 Å². The Morgan fingerprint density at radius 3 is 2.56 bits per heavy atom. The second-order valence-corrected chi connectivity index (χ2v) is 7.02. The van der Waals surface area contributed by atoms with E-state index in [1.54, 1.807) is 23.5 Å². The molecule has 1 atom stereocenters. The number of hydrogen-bond donors (Lipinski definition) is 2. The number of amides is 1. The first kappa shape index (κ1) is 18.7. The van der Waals surface area contributed by atoms with E-state index in [1.165, 1.54) is 0 Å². The second-order valence-electron chi connectivity index (χ2n) is 6.04. The van der Waals surface area contributed by atoms with Gasteiger partial charge in [0.25, 0.3) is 5.91 Å². The van der Waals surface area contributed by atoms with Crippen molar-refractivity contribution in [3.05, 3.63) is 87.6 Å². The van der Waals surface area contributed by atoms with Crippen LogP contribution in [0.2, 0.25) is 0 Å². The first-order chi connectivity index (χ1) is 13.1. The van der Waals surface area contributed by atoms with Crippen LogP contribution in [-0.4, -0.2) is 18.5 Å². The van der Waals surface area contributed by atoms with E-state index in [4.69, 9.17) is 10.5 Å². The number of esters is 1. The molecule has 1 heterocycles. The van der Waals surface area contributed by atoms with Gasteiger partial charge in [-0.05, 0) is 35.6 Å². The van der Waals surface area contributed by atoms with Crippen molar-refractivity contribution in [3.8, 4) is 0 Å². The molecule has 0 aliphatic heterocycles. The highest BCUT2D eigenvalue weighted by atomic mass is 32.1. The molecule has 0 saturated heterocycles. The maximum absolute atomic E-state index is 12.4. The molecule has 6 heteroatoms. The molecule has 3 N–H and O–H groups in total. The molecule has 0 radical (unpaired) electrons. The van der Waals surface area contributed by atoms with Crippen molar-refractivity contribution in [2.24, 2.45) is 0 Å². The van der Waals surface area contributed by atoms with E-state index >= 15 is 0 Å². The van der Waals surface area contributed by atoms with E-state index in [-0.39, 0.29) is 24.1 Å². The van der Waals surface area contributed by atoms with Gasteiger partial charge in [-0.15, -0.1) is 11.3 Å². The van der Waals surface area contributed by atoms with Crippen molar-refractivity contribution in [3.63, 3.8) is 0 Å². The van der Waals surface area contributed by atoms with Gasteiger partial charge in [0.1, 0.15) is 0 Å². The zero-order valence-corrected chi connectivity index (χ0v) is 15.7. The molecule has 0 aliphatic rings. The predicted molar refractivity (Wildman–Crippen MR) is 107 cm³/mol. The maximum atomic E-state index is 12.4. The van der Waals surface area contributed by atoms with Gasteiger partial charge in [-0.25, -0.2) is 4.79 Å². The lowest BCUT2D eigenvalue weighted by Gasteiger charge is -2.18. The number of benzene rings is 2. The minimum Gasteiger partial charge on any atom is -0.452 e. The average Bonchev–Trinajstić information content (AvgIpc) is 3.21. The predicted octanol–water partition coefficient (Wildman–Crippen LogP) is 3.70. The van der Waals surface area contributed by atoms with Gasteiger partial charge in [-0.1, -0.05) is 48.5 Å². The van der Waals surface area contributed by atoms with Gasteiger partial charge in [0.15, 0.2) is 6.61 Å². The van der Waals surface area contributed by atoms with Crippen molar-refractivity contribution in [2.45, 2.75) is 13.0 Å². The number of rotatable bonds is 6. The minimum absolute atomic E-state index is 0.265. The second kappa shape index (κ2) is 8.51. The van der Waals surface area contributed by atoms with Crippen molar-refractivity contribution < 1.29 is 14.3 Å². The normalized spacial score (nSPS) is 11.6. The number of ether oxygens (including phenoxy) is 1. The van der Waals surface area contributed by atoms with Crippen LogP contribution in [0.15, 0.2) is 66.0 Å². The van der Waals surface area contributed by atoms with Crippen LogP contribution in [-0.2, 0) is 9.53 Å². The summed E-state index contributed by atoms with van der Waals surface area (Å²) in [6, 6.07) is 18.4. The molecule has 0 spiro atoms. The summed E-state index contributed by atoms with van der Waals surface area (Å²) in [5.41, 5.74) is 8.29. The molecule has 3 rings (SSSR count). The third-order valence-corrected chi connectivity index (χ3v) is 5.08. The molecular weight excluding hydrogens is 360 g/mol. The van der Waals surface area contributed by atoms with Crippen molar-refractivity contribution in [2.75, 3.05) is 12.3 Å². The van der Waals surface area contributed by atoms with Gasteiger partial charge in [0, 0.05) is 10.6 Å². The highest BCUT2D eigenvalue weighted by Gasteiger charge is 2.19. The van der Waals surface area contributed by atoms with Crippen molar-refractivity contribution in [1.29, 1.82) is 0 Å². The summed E-state index contributed by atoms with van der Waals surface area (Å²) in [4.78, 5) is 25.6. The fourth-order valence-electron chi connectivity index (χ4n) is 2.69. The van der Waals surface area contributed by atoms with Crippen molar-refractivity contribution >= 4 is 28.9 Å². The Kier molecular flexibility index (Phi) is 5.88. The fraction of sp³-hybridized carbons (Fsp3) is 0.143. The van der Waals surface area contributed by atoms with Gasteiger partial charge in [-0.3, -0.25) is 4.79 Å². The van der Waals surface area contributed by atoms with Gasteiger partial charge >= 0.3 is 5.97 Å². The van der Waals surface area contributed by atoms with Gasteiger partial charge in [-0.2, -0.15) is 0 Å². The summed E-state index contributed by atoms with van der Waals surface area (Å²) in [6.45, 7) is 1.44. The Morgan fingerprint density at radius 1 is 1.07 bits per heavy atom. The largest absolute Gasteiger partial charge is 0.452 e. The van der Waals surface area contributed by atoms with Crippen LogP contribution in [0.4, 0.5) is 5.69 Å². The van der Waals surface area contributed by atoms with Crippen LogP contribution < -0.4 is 11.1 Å². The lowest BCUT2D eigenvalue weighted by Crippen LogP contribution is -2.32. The lowest BCUT2D eigenvalue weighted by molar-refractivity contribution is -0.124. The average molecular weight is 380 g/mol. The van der Waals surface area contributed by atoms with Crippen LogP contribution in [0, 0.1) is 6.92 Å². The number of para-hydroxylation sites is 1. The summed E-state index contributed by atoms with van der Waals surface area (Å²) in [7, 11) is 0. The topological polar surface area (TPSA) is 81.4 Å². The molecule has 0 saturated carbocycles. The molecule has 0 bridgehead atoms. The third-order valence-electron chi connectivity index (χ3n) is 4.14. The minimum atomic E-state index is -0.612. The Bertz CT molecular complexity index is 924. The summed E-state index contributed by atoms with van der Waals surface area (Å²) in [6.07, 6.45) is 0. The van der Waals surface area contributed by atoms with Gasteiger partial charge in [0.05, 0.1) is 11.6 Å². The number of aryl methyl sites for hydroxylation is 1. The van der Waals surface area contributed by atoms with Crippen LogP contribution in [0.1, 0.15) is 32.4 Å². The fourth-order valence-corrected chi connectivity index (χ4v) is 3.49. The molecule has 0 aliphatic carbocycles. The third kappa shape index (κ3) is 4.54. The zero-order valence-electron chi connectivity index (χ0n) is 14.8. The number of thiophene rings is 1. The van der Waals surface area contributed by atoms with E-state index in [2.05, 4.69) is 5.32 Å². The zero-order chi connectivity index (χ0) is 19.2. The lowest BCUT2D eigenvalue weighted by atomic mass is 10.1. The molecule has 5 nitrogen and oxygen atoms in total. The number of nitrogens with two attached hydrogens (primary N) is 1. The molecule has 0 unspecified atom stereocenters. The number of carbonyl (C=O) groups is 2. The highest BCUT2D eigenvalue weighted by molar-refractivity contribution is 7.10. The summed E-state index contributed by atoms with van der Waals surface area (Å²) >= 11 is 1.55. The standard InChI is InChI=1S/C21H20N2O3S/c1-14-7-5-10-16(19(14)22)21(25)26-13-18(24)23-20(17-11-6-12-27-17)15-8-3-2-4-9-15/h2-12,20H,13,22H2,1H3,(H,23,24)/t20-/m1/s1. The maximum Gasteiger partial charge on any atom is 0.340 e. The number of anilines is 1.